The minimum Gasteiger partial charge on any atom is -0.619 e. The molecule has 16 heavy (non-hydrogen) atoms. The highest BCUT2D eigenvalue weighted by atomic mass is 19.4. The third-order valence-electron chi connectivity index (χ3n) is 1.71. The van der Waals surface area contributed by atoms with E-state index in [-0.39, 0.29) is 5.56 Å². The quantitative estimate of drug-likeness (QED) is 0.443. The van der Waals surface area contributed by atoms with Crippen molar-refractivity contribution in [1.29, 1.82) is 0 Å². The molecule has 1 rings (SSSR count). The van der Waals surface area contributed by atoms with Crippen LogP contribution in [0.5, 0.6) is 0 Å². The Balaban J connectivity index is 3.01. The van der Waals surface area contributed by atoms with Gasteiger partial charge in [-0.1, -0.05) is 0 Å². The van der Waals surface area contributed by atoms with Gasteiger partial charge in [-0.15, -0.1) is 0 Å². The topological polar surface area (TPSA) is 53.2 Å². The summed E-state index contributed by atoms with van der Waals surface area (Å²) in [5.74, 6) is -1.04. The van der Waals surface area contributed by atoms with Gasteiger partial charge in [-0.3, -0.25) is 4.79 Å². The average molecular weight is 235 g/mol. The molecule has 0 amide bonds. The van der Waals surface area contributed by atoms with Crippen LogP contribution in [0.2, 0.25) is 0 Å². The summed E-state index contributed by atoms with van der Waals surface area (Å²) in [5.41, 5.74) is -0.296. The summed E-state index contributed by atoms with van der Waals surface area (Å²) in [6.07, 6.45) is -5.25. The molecule has 1 atom stereocenters. The Kier molecular flexibility index (Phi) is 3.36. The number of nitrogens with zero attached hydrogens (tertiary/aromatic N) is 1. The second kappa shape index (κ2) is 4.38. The molecule has 0 fully saturated rings. The van der Waals surface area contributed by atoms with E-state index in [9.17, 15) is 23.2 Å². The molecule has 0 N–H and O–H groups in total. The molecule has 0 saturated heterocycles. The van der Waals surface area contributed by atoms with Crippen molar-refractivity contribution in [3.05, 3.63) is 35.3 Å². The number of carbonyl (C=O) groups excluding carboxylic acids is 1. The third-order valence-corrected chi connectivity index (χ3v) is 1.71. The molecule has 0 aliphatic rings. The van der Waals surface area contributed by atoms with Gasteiger partial charge in [0, 0.05) is 24.6 Å². The molecule has 0 radical (unpaired) electrons. The first-order valence-electron chi connectivity index (χ1n) is 4.23. The number of halogens is 3. The number of alkyl halides is 3. The monoisotopic (exact) mass is 235 g/mol. The van der Waals surface area contributed by atoms with Crippen LogP contribution < -0.4 is 4.73 Å². The molecule has 0 aromatic carbocycles. The van der Waals surface area contributed by atoms with Gasteiger partial charge in [0.1, 0.15) is 0 Å². The van der Waals surface area contributed by atoms with Gasteiger partial charge in [-0.05, 0) is 0 Å². The molecular weight excluding hydrogens is 227 g/mol. The lowest BCUT2D eigenvalue weighted by Gasteiger charge is -2.19. The van der Waals surface area contributed by atoms with Crippen LogP contribution in [0.15, 0.2) is 24.5 Å². The second-order valence-corrected chi connectivity index (χ2v) is 3.02. The number of rotatable bonds is 2. The Morgan fingerprint density at radius 3 is 2.31 bits per heavy atom. The van der Waals surface area contributed by atoms with Gasteiger partial charge < -0.3 is 9.94 Å². The number of hydrogen-bond acceptors (Lipinski definition) is 3. The SMILES string of the molecule is CC(=O)O[C@@H](c1cc[n+]([O-])cc1)C(F)(F)F. The van der Waals surface area contributed by atoms with Gasteiger partial charge in [0.2, 0.25) is 6.10 Å². The van der Waals surface area contributed by atoms with E-state index in [4.69, 9.17) is 0 Å². The average Bonchev–Trinajstić information content (AvgIpc) is 2.14. The van der Waals surface area contributed by atoms with Crippen LogP contribution in [0, 0.1) is 5.21 Å². The summed E-state index contributed by atoms with van der Waals surface area (Å²) in [5, 5.41) is 10.6. The van der Waals surface area contributed by atoms with Crippen LogP contribution in [0.3, 0.4) is 0 Å². The van der Waals surface area contributed by atoms with Gasteiger partial charge in [0.15, 0.2) is 12.4 Å². The molecular formula is C9H8F3NO3. The van der Waals surface area contributed by atoms with Crippen molar-refractivity contribution in [1.82, 2.24) is 0 Å². The minimum absolute atomic E-state index is 0.296. The van der Waals surface area contributed by atoms with Crippen molar-refractivity contribution in [2.45, 2.75) is 19.2 Å². The van der Waals surface area contributed by atoms with Gasteiger partial charge in [0.05, 0.1) is 0 Å². The van der Waals surface area contributed by atoms with Gasteiger partial charge in [-0.25, -0.2) is 0 Å². The molecule has 0 unspecified atom stereocenters. The molecule has 0 aliphatic carbocycles. The lowest BCUT2D eigenvalue weighted by atomic mass is 10.1. The predicted octanol–water partition coefficient (Wildman–Crippen LogP) is 1.49. The smallest absolute Gasteiger partial charge is 0.429 e. The zero-order valence-electron chi connectivity index (χ0n) is 8.19. The highest BCUT2D eigenvalue weighted by molar-refractivity contribution is 5.66. The first kappa shape index (κ1) is 12.3. The summed E-state index contributed by atoms with van der Waals surface area (Å²) in [7, 11) is 0. The predicted molar refractivity (Wildman–Crippen MR) is 46.0 cm³/mol. The second-order valence-electron chi connectivity index (χ2n) is 3.02. The summed E-state index contributed by atoms with van der Waals surface area (Å²) < 4.78 is 42.0. The number of pyridine rings is 1. The molecule has 7 heteroatoms. The van der Waals surface area contributed by atoms with Crippen molar-refractivity contribution in [3.8, 4) is 0 Å². The van der Waals surface area contributed by atoms with E-state index in [1.165, 1.54) is 0 Å². The molecule has 1 heterocycles. The van der Waals surface area contributed by atoms with E-state index in [1.807, 2.05) is 0 Å². The van der Waals surface area contributed by atoms with Gasteiger partial charge in [-0.2, -0.15) is 17.9 Å². The molecule has 4 nitrogen and oxygen atoms in total. The van der Waals surface area contributed by atoms with Crippen LogP contribution in [0.4, 0.5) is 13.2 Å². The maximum absolute atomic E-state index is 12.5. The van der Waals surface area contributed by atoms with Crippen LogP contribution in [-0.4, -0.2) is 12.1 Å². The molecule has 0 bridgehead atoms. The number of ether oxygens (including phenoxy) is 1. The van der Waals surface area contributed by atoms with Crippen molar-refractivity contribution in [2.75, 3.05) is 0 Å². The highest BCUT2D eigenvalue weighted by Gasteiger charge is 2.43. The van der Waals surface area contributed by atoms with Crippen molar-refractivity contribution in [2.24, 2.45) is 0 Å². The van der Waals surface area contributed by atoms with E-state index in [1.54, 1.807) is 0 Å². The van der Waals surface area contributed by atoms with E-state index in [0.29, 0.717) is 4.73 Å². The minimum atomic E-state index is -4.71. The first-order chi connectivity index (χ1) is 7.30. The number of hydrogen-bond donors (Lipinski definition) is 0. The summed E-state index contributed by atoms with van der Waals surface area (Å²) in [6.45, 7) is 0.884. The normalized spacial score (nSPS) is 13.2. The maximum atomic E-state index is 12.5. The fraction of sp³-hybridized carbons (Fsp3) is 0.333. The lowest BCUT2D eigenvalue weighted by Crippen LogP contribution is -2.28. The number of carbonyl (C=O) groups is 1. The number of esters is 1. The summed E-state index contributed by atoms with van der Waals surface area (Å²) >= 11 is 0. The first-order valence-corrected chi connectivity index (χ1v) is 4.23. The van der Waals surface area contributed by atoms with Crippen LogP contribution >= 0.6 is 0 Å². The number of aromatic nitrogens is 1. The zero-order chi connectivity index (χ0) is 12.3. The lowest BCUT2D eigenvalue weighted by molar-refractivity contribution is -0.605. The van der Waals surface area contributed by atoms with Crippen LogP contribution in [-0.2, 0) is 9.53 Å². The van der Waals surface area contributed by atoms with E-state index in [0.717, 1.165) is 31.5 Å². The largest absolute Gasteiger partial charge is 0.619 e. The standard InChI is InChI=1S/C9H8F3NO3/c1-6(14)16-8(9(10,11)12)7-2-4-13(15)5-3-7/h2-5,8H,1H3/t8-/m0/s1. The summed E-state index contributed by atoms with van der Waals surface area (Å²) in [4.78, 5) is 10.6. The molecule has 0 aliphatic heterocycles. The van der Waals surface area contributed by atoms with E-state index in [2.05, 4.69) is 4.74 Å². The molecule has 1 aromatic heterocycles. The molecule has 1 aromatic rings. The fourth-order valence-corrected chi connectivity index (χ4v) is 1.09. The fourth-order valence-electron chi connectivity index (χ4n) is 1.09. The van der Waals surface area contributed by atoms with Crippen LogP contribution in [0.1, 0.15) is 18.6 Å². The Labute approximate surface area is 88.8 Å². The Bertz CT molecular complexity index is 375. The van der Waals surface area contributed by atoms with Crippen molar-refractivity contribution < 1.29 is 27.4 Å². The molecule has 88 valence electrons. The Morgan fingerprint density at radius 2 is 1.94 bits per heavy atom. The van der Waals surface area contributed by atoms with Crippen molar-refractivity contribution in [3.63, 3.8) is 0 Å². The zero-order valence-corrected chi connectivity index (χ0v) is 8.19. The third kappa shape index (κ3) is 3.11. The van der Waals surface area contributed by atoms with Crippen LogP contribution in [0.25, 0.3) is 0 Å². The van der Waals surface area contributed by atoms with Gasteiger partial charge >= 0.3 is 12.1 Å². The maximum Gasteiger partial charge on any atom is 0.429 e. The Hall–Kier alpha value is -1.79. The Morgan fingerprint density at radius 1 is 1.44 bits per heavy atom. The summed E-state index contributed by atoms with van der Waals surface area (Å²) in [6, 6.07) is 1.90. The molecule has 0 saturated carbocycles. The van der Waals surface area contributed by atoms with Crippen molar-refractivity contribution >= 4 is 5.97 Å². The highest BCUT2D eigenvalue weighted by Crippen LogP contribution is 2.35. The van der Waals surface area contributed by atoms with E-state index >= 15 is 0 Å². The van der Waals surface area contributed by atoms with Gasteiger partial charge in [0.25, 0.3) is 0 Å². The molecule has 0 spiro atoms. The van der Waals surface area contributed by atoms with E-state index < -0.39 is 18.2 Å².